The van der Waals surface area contributed by atoms with E-state index in [2.05, 4.69) is 9.89 Å². The van der Waals surface area contributed by atoms with E-state index >= 15 is 0 Å². The number of aliphatic imine (C=N–C) groups is 1. The topological polar surface area (TPSA) is 58.0 Å². The van der Waals surface area contributed by atoms with Crippen LogP contribution < -0.4 is 4.90 Å². The quantitative estimate of drug-likeness (QED) is 0.697. The third kappa shape index (κ3) is 3.61. The van der Waals surface area contributed by atoms with Crippen LogP contribution in [0.15, 0.2) is 41.4 Å². The molecule has 0 atom stereocenters. The molecule has 7 heteroatoms. The lowest BCUT2D eigenvalue weighted by Crippen LogP contribution is -2.36. The van der Waals surface area contributed by atoms with Gasteiger partial charge in [0.1, 0.15) is 5.75 Å². The van der Waals surface area contributed by atoms with Gasteiger partial charge in [0, 0.05) is 29.9 Å². The molecule has 25 heavy (non-hydrogen) atoms. The summed E-state index contributed by atoms with van der Waals surface area (Å²) in [5.74, 6) is 0.154. The third-order valence-electron chi connectivity index (χ3n) is 3.98. The van der Waals surface area contributed by atoms with Gasteiger partial charge in [-0.15, -0.1) is 0 Å². The van der Waals surface area contributed by atoms with Crippen LogP contribution in [-0.4, -0.2) is 42.6 Å². The number of nitrogens with zero attached hydrogens (tertiary/aromatic N) is 3. The number of fused-ring (bicyclic) bond motifs is 1. The molecule has 5 nitrogen and oxygen atoms in total. The van der Waals surface area contributed by atoms with Gasteiger partial charge in [-0.05, 0) is 36.4 Å². The van der Waals surface area contributed by atoms with Gasteiger partial charge in [-0.3, -0.25) is 4.99 Å². The summed E-state index contributed by atoms with van der Waals surface area (Å²) in [4.78, 5) is 11.4. The number of ether oxygens (including phenoxy) is 1. The number of aromatic nitrogens is 1. The summed E-state index contributed by atoms with van der Waals surface area (Å²) < 4.78 is 6.48. The Hall–Kier alpha value is -2.15. The van der Waals surface area contributed by atoms with Crippen LogP contribution >= 0.6 is 22.9 Å². The van der Waals surface area contributed by atoms with Gasteiger partial charge in [-0.1, -0.05) is 22.9 Å². The fourth-order valence-electron chi connectivity index (χ4n) is 2.64. The van der Waals surface area contributed by atoms with Crippen molar-refractivity contribution >= 4 is 50.2 Å². The molecule has 2 aromatic carbocycles. The Morgan fingerprint density at radius 3 is 2.88 bits per heavy atom. The number of anilines is 1. The van der Waals surface area contributed by atoms with Crippen molar-refractivity contribution in [2.75, 3.05) is 31.2 Å². The molecular weight excluding hydrogens is 358 g/mol. The molecule has 3 aromatic rings. The molecule has 1 aliphatic heterocycles. The molecule has 1 aromatic heterocycles. The van der Waals surface area contributed by atoms with Crippen LogP contribution in [0.1, 0.15) is 5.56 Å². The van der Waals surface area contributed by atoms with E-state index in [-0.39, 0.29) is 5.75 Å². The standard InChI is InChI=1S/C18H16ClN3O2S/c19-13-1-4-16(23)12(9-13)11-20-14-2-3-15-17(10-14)25-18(21-15)22-5-7-24-8-6-22/h1-4,9-11,23H,5-8H2. The van der Waals surface area contributed by atoms with Crippen LogP contribution in [0.5, 0.6) is 5.75 Å². The zero-order chi connectivity index (χ0) is 17.2. The van der Waals surface area contributed by atoms with E-state index < -0.39 is 0 Å². The van der Waals surface area contributed by atoms with Gasteiger partial charge >= 0.3 is 0 Å². The summed E-state index contributed by atoms with van der Waals surface area (Å²) in [5.41, 5.74) is 2.37. The van der Waals surface area contributed by atoms with Crippen LogP contribution in [0, 0.1) is 0 Å². The second kappa shape index (κ2) is 7.00. The predicted molar refractivity (Wildman–Crippen MR) is 103 cm³/mol. The van der Waals surface area contributed by atoms with Gasteiger partial charge in [0.05, 0.1) is 29.1 Å². The summed E-state index contributed by atoms with van der Waals surface area (Å²) in [6.07, 6.45) is 1.62. The highest BCUT2D eigenvalue weighted by atomic mass is 35.5. The zero-order valence-electron chi connectivity index (χ0n) is 13.4. The van der Waals surface area contributed by atoms with Crippen molar-refractivity contribution in [1.82, 2.24) is 4.98 Å². The number of rotatable bonds is 3. The predicted octanol–water partition coefficient (Wildman–Crippen LogP) is 4.24. The van der Waals surface area contributed by atoms with Crippen LogP contribution in [0.4, 0.5) is 10.8 Å². The van der Waals surface area contributed by atoms with Crippen molar-refractivity contribution in [2.45, 2.75) is 0 Å². The van der Waals surface area contributed by atoms with E-state index in [0.29, 0.717) is 10.6 Å². The van der Waals surface area contributed by atoms with Crippen LogP contribution in [0.25, 0.3) is 10.2 Å². The van der Waals surface area contributed by atoms with Crippen LogP contribution in [0.3, 0.4) is 0 Å². The van der Waals surface area contributed by atoms with E-state index in [9.17, 15) is 5.11 Å². The van der Waals surface area contributed by atoms with Crippen molar-refractivity contribution in [1.29, 1.82) is 0 Å². The maximum Gasteiger partial charge on any atom is 0.186 e. The minimum atomic E-state index is 0.154. The average molecular weight is 374 g/mol. The smallest absolute Gasteiger partial charge is 0.186 e. The second-order valence-corrected chi connectivity index (χ2v) is 7.15. The largest absolute Gasteiger partial charge is 0.507 e. The van der Waals surface area contributed by atoms with E-state index in [0.717, 1.165) is 47.3 Å². The van der Waals surface area contributed by atoms with E-state index in [1.807, 2.05) is 18.2 Å². The van der Waals surface area contributed by atoms with E-state index in [1.165, 1.54) is 0 Å². The first-order chi connectivity index (χ1) is 12.2. The number of benzene rings is 2. The van der Waals surface area contributed by atoms with Crippen LogP contribution in [-0.2, 0) is 4.74 Å². The Balaban J connectivity index is 1.60. The Morgan fingerprint density at radius 2 is 2.04 bits per heavy atom. The number of halogens is 1. The number of phenolic OH excluding ortho intramolecular Hbond substituents is 1. The molecule has 0 spiro atoms. The fraction of sp³-hybridized carbons (Fsp3) is 0.222. The Bertz CT molecular complexity index is 935. The molecule has 2 heterocycles. The monoisotopic (exact) mass is 373 g/mol. The van der Waals surface area contributed by atoms with Crippen molar-refractivity contribution in [3.8, 4) is 5.75 Å². The molecule has 1 saturated heterocycles. The molecule has 128 valence electrons. The van der Waals surface area contributed by atoms with Crippen molar-refractivity contribution in [3.05, 3.63) is 47.0 Å². The van der Waals surface area contributed by atoms with Gasteiger partial charge in [0.15, 0.2) is 5.13 Å². The maximum atomic E-state index is 9.86. The Labute approximate surface area is 154 Å². The lowest BCUT2D eigenvalue weighted by Gasteiger charge is -2.25. The number of hydrogen-bond donors (Lipinski definition) is 1. The number of thiazole rings is 1. The molecule has 0 unspecified atom stereocenters. The summed E-state index contributed by atoms with van der Waals surface area (Å²) in [7, 11) is 0. The normalized spacial score (nSPS) is 15.3. The van der Waals surface area contributed by atoms with Gasteiger partial charge in [-0.2, -0.15) is 0 Å². The highest BCUT2D eigenvalue weighted by Gasteiger charge is 2.15. The van der Waals surface area contributed by atoms with Crippen LogP contribution in [0.2, 0.25) is 5.02 Å². The molecule has 0 bridgehead atoms. The molecule has 1 fully saturated rings. The van der Waals surface area contributed by atoms with Crippen molar-refractivity contribution < 1.29 is 9.84 Å². The molecule has 1 aliphatic rings. The summed E-state index contributed by atoms with van der Waals surface area (Å²) >= 11 is 7.62. The first-order valence-corrected chi connectivity index (χ1v) is 9.14. The third-order valence-corrected chi connectivity index (χ3v) is 5.30. The Kier molecular flexibility index (Phi) is 4.57. The molecule has 0 amide bonds. The molecular formula is C18H16ClN3O2S. The molecule has 1 N–H and O–H groups in total. The second-order valence-electron chi connectivity index (χ2n) is 5.71. The highest BCUT2D eigenvalue weighted by molar-refractivity contribution is 7.22. The lowest BCUT2D eigenvalue weighted by atomic mass is 10.2. The SMILES string of the molecule is Oc1ccc(Cl)cc1C=Nc1ccc2nc(N3CCOCC3)sc2c1. The number of morpholine rings is 1. The first-order valence-electron chi connectivity index (χ1n) is 7.95. The van der Waals surface area contributed by atoms with Gasteiger partial charge < -0.3 is 14.7 Å². The zero-order valence-corrected chi connectivity index (χ0v) is 14.9. The Morgan fingerprint density at radius 1 is 1.20 bits per heavy atom. The first kappa shape index (κ1) is 16.3. The minimum Gasteiger partial charge on any atom is -0.507 e. The number of hydrogen-bond acceptors (Lipinski definition) is 6. The van der Waals surface area contributed by atoms with Crippen molar-refractivity contribution in [2.24, 2.45) is 4.99 Å². The average Bonchev–Trinajstić information content (AvgIpc) is 3.06. The van der Waals surface area contributed by atoms with Gasteiger partial charge in [0.2, 0.25) is 0 Å². The van der Waals surface area contributed by atoms with Gasteiger partial charge in [0.25, 0.3) is 0 Å². The lowest BCUT2D eigenvalue weighted by molar-refractivity contribution is 0.122. The summed E-state index contributed by atoms with van der Waals surface area (Å²) in [5, 5.41) is 11.4. The molecule has 0 aliphatic carbocycles. The maximum absolute atomic E-state index is 9.86. The number of aromatic hydroxyl groups is 1. The molecule has 0 radical (unpaired) electrons. The highest BCUT2D eigenvalue weighted by Crippen LogP contribution is 2.32. The molecule has 4 rings (SSSR count). The van der Waals surface area contributed by atoms with Gasteiger partial charge in [-0.25, -0.2) is 4.98 Å². The van der Waals surface area contributed by atoms with E-state index in [1.54, 1.807) is 35.8 Å². The molecule has 0 saturated carbocycles. The number of phenols is 1. The van der Waals surface area contributed by atoms with E-state index in [4.69, 9.17) is 21.3 Å². The summed E-state index contributed by atoms with van der Waals surface area (Å²) in [6, 6.07) is 10.8. The minimum absolute atomic E-state index is 0.154. The fourth-order valence-corrected chi connectivity index (χ4v) is 3.88. The summed E-state index contributed by atoms with van der Waals surface area (Å²) in [6.45, 7) is 3.24. The van der Waals surface area contributed by atoms with Crippen molar-refractivity contribution in [3.63, 3.8) is 0 Å².